The van der Waals surface area contributed by atoms with Crippen LogP contribution in [-0.2, 0) is 11.3 Å². The molecule has 1 aromatic heterocycles. The Morgan fingerprint density at radius 2 is 2.16 bits per heavy atom. The van der Waals surface area contributed by atoms with Gasteiger partial charge in [-0.1, -0.05) is 31.2 Å². The molecule has 0 radical (unpaired) electrons. The lowest BCUT2D eigenvalue weighted by Crippen LogP contribution is -2.30. The number of hydrogen-bond acceptors (Lipinski definition) is 3. The molecule has 0 aliphatic carbocycles. The maximum absolute atomic E-state index is 11.9. The lowest BCUT2D eigenvalue weighted by Gasteiger charge is -2.12. The highest BCUT2D eigenvalue weighted by Crippen LogP contribution is 2.15. The molecule has 0 saturated carbocycles. The number of benzene rings is 1. The van der Waals surface area contributed by atoms with Gasteiger partial charge in [0.15, 0.2) is 0 Å². The first-order valence-corrected chi connectivity index (χ1v) is 6.52. The number of carbonyl (C=O) groups excluding carboxylic acids is 1. The first-order valence-electron chi connectivity index (χ1n) is 6.52. The Morgan fingerprint density at radius 3 is 2.95 bits per heavy atom. The van der Waals surface area contributed by atoms with Gasteiger partial charge in [-0.2, -0.15) is 0 Å². The number of rotatable bonds is 5. The van der Waals surface area contributed by atoms with Gasteiger partial charge in [-0.15, -0.1) is 0 Å². The number of amides is 1. The second kappa shape index (κ2) is 6.29. The number of nitrogens with one attached hydrogen (secondary N) is 1. The fourth-order valence-electron chi connectivity index (χ4n) is 2.05. The number of nitrogens with zero attached hydrogens (tertiary/aromatic N) is 1. The molecule has 2 rings (SSSR count). The summed E-state index contributed by atoms with van der Waals surface area (Å²) in [6, 6.07) is 9.92. The summed E-state index contributed by atoms with van der Waals surface area (Å²) in [5.74, 6) is -0.00804. The zero-order valence-corrected chi connectivity index (χ0v) is 11.1. The Bertz CT molecular complexity index is 563. The van der Waals surface area contributed by atoms with Crippen LogP contribution in [0.4, 0.5) is 0 Å². The van der Waals surface area contributed by atoms with Crippen LogP contribution in [0, 0.1) is 5.92 Å². The Kier molecular flexibility index (Phi) is 4.47. The van der Waals surface area contributed by atoms with Gasteiger partial charge >= 0.3 is 0 Å². The van der Waals surface area contributed by atoms with Gasteiger partial charge in [-0.3, -0.25) is 9.78 Å². The molecule has 2 aromatic rings. The fraction of sp³-hybridized carbons (Fsp3) is 0.333. The van der Waals surface area contributed by atoms with E-state index in [1.807, 2.05) is 37.3 Å². The maximum atomic E-state index is 11.9. The van der Waals surface area contributed by atoms with Gasteiger partial charge < -0.3 is 11.1 Å². The van der Waals surface area contributed by atoms with Crippen LogP contribution in [0.15, 0.2) is 36.5 Å². The molecule has 0 bridgehead atoms. The predicted molar refractivity (Wildman–Crippen MR) is 76.4 cm³/mol. The molecule has 4 nitrogen and oxygen atoms in total. The van der Waals surface area contributed by atoms with E-state index in [-0.39, 0.29) is 11.8 Å². The largest absolute Gasteiger partial charge is 0.352 e. The smallest absolute Gasteiger partial charge is 0.223 e. The molecule has 1 aromatic carbocycles. The molecular weight excluding hydrogens is 238 g/mol. The lowest BCUT2D eigenvalue weighted by molar-refractivity contribution is -0.124. The van der Waals surface area contributed by atoms with Crippen molar-refractivity contribution in [3.63, 3.8) is 0 Å². The Labute approximate surface area is 113 Å². The summed E-state index contributed by atoms with van der Waals surface area (Å²) in [6.45, 7) is 2.93. The summed E-state index contributed by atoms with van der Waals surface area (Å²) in [5, 5.41) is 4.03. The summed E-state index contributed by atoms with van der Waals surface area (Å²) in [4.78, 5) is 16.2. The van der Waals surface area contributed by atoms with E-state index in [9.17, 15) is 4.79 Å². The molecule has 4 heteroatoms. The SMILES string of the molecule is CC(CCN)C(=O)NCc1cccc2cccnc12. The van der Waals surface area contributed by atoms with Crippen molar-refractivity contribution >= 4 is 16.8 Å². The molecule has 1 heterocycles. The first kappa shape index (κ1) is 13.5. The minimum absolute atomic E-state index is 0.0402. The third-order valence-electron chi connectivity index (χ3n) is 3.22. The van der Waals surface area contributed by atoms with Crippen LogP contribution in [0.2, 0.25) is 0 Å². The van der Waals surface area contributed by atoms with E-state index in [4.69, 9.17) is 5.73 Å². The van der Waals surface area contributed by atoms with Crippen molar-refractivity contribution in [3.8, 4) is 0 Å². The molecule has 0 aliphatic heterocycles. The molecule has 1 amide bonds. The average molecular weight is 257 g/mol. The standard InChI is InChI=1S/C15H19N3O/c1-11(7-8-16)15(19)18-10-13-5-2-4-12-6-3-9-17-14(12)13/h2-6,9,11H,7-8,10,16H2,1H3,(H,18,19). The zero-order valence-electron chi connectivity index (χ0n) is 11.1. The van der Waals surface area contributed by atoms with Crippen molar-refractivity contribution in [2.24, 2.45) is 11.7 Å². The number of aromatic nitrogens is 1. The van der Waals surface area contributed by atoms with E-state index in [1.165, 1.54) is 0 Å². The lowest BCUT2D eigenvalue weighted by atomic mass is 10.1. The molecule has 100 valence electrons. The Hall–Kier alpha value is -1.94. The van der Waals surface area contributed by atoms with E-state index < -0.39 is 0 Å². The first-order chi connectivity index (χ1) is 9.22. The predicted octanol–water partition coefficient (Wildman–Crippen LogP) is 1.84. The van der Waals surface area contributed by atoms with Gasteiger partial charge in [0.2, 0.25) is 5.91 Å². The Balaban J connectivity index is 2.08. The highest BCUT2D eigenvalue weighted by molar-refractivity contribution is 5.83. The molecule has 0 spiro atoms. The van der Waals surface area contributed by atoms with Gasteiger partial charge in [0, 0.05) is 24.0 Å². The zero-order chi connectivity index (χ0) is 13.7. The van der Waals surface area contributed by atoms with Crippen LogP contribution in [-0.4, -0.2) is 17.4 Å². The number of hydrogen-bond donors (Lipinski definition) is 2. The number of carbonyl (C=O) groups is 1. The van der Waals surface area contributed by atoms with E-state index in [1.54, 1.807) is 6.20 Å². The number of pyridine rings is 1. The van der Waals surface area contributed by atoms with Crippen molar-refractivity contribution in [2.45, 2.75) is 19.9 Å². The second-order valence-corrected chi connectivity index (χ2v) is 4.69. The molecule has 0 aliphatic rings. The van der Waals surface area contributed by atoms with Gasteiger partial charge in [-0.05, 0) is 24.6 Å². The van der Waals surface area contributed by atoms with E-state index in [0.717, 1.165) is 16.5 Å². The number of fused-ring (bicyclic) bond motifs is 1. The third kappa shape index (κ3) is 3.29. The average Bonchev–Trinajstić information content (AvgIpc) is 2.45. The van der Waals surface area contributed by atoms with Crippen LogP contribution in [0.3, 0.4) is 0 Å². The molecule has 3 N–H and O–H groups in total. The summed E-state index contributed by atoms with van der Waals surface area (Å²) < 4.78 is 0. The van der Waals surface area contributed by atoms with Crippen LogP contribution < -0.4 is 11.1 Å². The highest BCUT2D eigenvalue weighted by atomic mass is 16.1. The summed E-state index contributed by atoms with van der Waals surface area (Å²) in [6.07, 6.45) is 2.48. The molecule has 1 atom stereocenters. The monoisotopic (exact) mass is 257 g/mol. The third-order valence-corrected chi connectivity index (χ3v) is 3.22. The summed E-state index contributed by atoms with van der Waals surface area (Å²) in [7, 11) is 0. The highest BCUT2D eigenvalue weighted by Gasteiger charge is 2.11. The number of para-hydroxylation sites is 1. The topological polar surface area (TPSA) is 68.0 Å². The molecule has 19 heavy (non-hydrogen) atoms. The fourth-order valence-corrected chi connectivity index (χ4v) is 2.05. The number of nitrogens with two attached hydrogens (primary N) is 1. The van der Waals surface area contributed by atoms with E-state index in [2.05, 4.69) is 10.3 Å². The van der Waals surface area contributed by atoms with Crippen LogP contribution in [0.5, 0.6) is 0 Å². The summed E-state index contributed by atoms with van der Waals surface area (Å²) in [5.41, 5.74) is 7.43. The van der Waals surface area contributed by atoms with Crippen molar-refractivity contribution < 1.29 is 4.79 Å². The van der Waals surface area contributed by atoms with Gasteiger partial charge in [-0.25, -0.2) is 0 Å². The summed E-state index contributed by atoms with van der Waals surface area (Å²) >= 11 is 0. The van der Waals surface area contributed by atoms with Crippen molar-refractivity contribution in [1.29, 1.82) is 0 Å². The normalized spacial score (nSPS) is 12.3. The molecule has 1 unspecified atom stereocenters. The molecule has 0 saturated heterocycles. The van der Waals surface area contributed by atoms with Crippen molar-refractivity contribution in [3.05, 3.63) is 42.1 Å². The van der Waals surface area contributed by atoms with Gasteiger partial charge in [0.1, 0.15) is 0 Å². The molecule has 0 fully saturated rings. The van der Waals surface area contributed by atoms with Crippen molar-refractivity contribution in [2.75, 3.05) is 6.54 Å². The van der Waals surface area contributed by atoms with Crippen LogP contribution >= 0.6 is 0 Å². The van der Waals surface area contributed by atoms with Crippen LogP contribution in [0.1, 0.15) is 18.9 Å². The Morgan fingerprint density at radius 1 is 1.37 bits per heavy atom. The van der Waals surface area contributed by atoms with Gasteiger partial charge in [0.05, 0.1) is 5.52 Å². The van der Waals surface area contributed by atoms with Crippen molar-refractivity contribution in [1.82, 2.24) is 10.3 Å². The van der Waals surface area contributed by atoms with Crippen LogP contribution in [0.25, 0.3) is 10.9 Å². The van der Waals surface area contributed by atoms with E-state index >= 15 is 0 Å². The second-order valence-electron chi connectivity index (χ2n) is 4.69. The van der Waals surface area contributed by atoms with E-state index in [0.29, 0.717) is 19.5 Å². The quantitative estimate of drug-likeness (QED) is 0.858. The minimum Gasteiger partial charge on any atom is -0.352 e. The maximum Gasteiger partial charge on any atom is 0.223 e. The minimum atomic E-state index is -0.0482. The van der Waals surface area contributed by atoms with Gasteiger partial charge in [0.25, 0.3) is 0 Å². The molecular formula is C15H19N3O.